The molecule has 2 rings (SSSR count). The van der Waals surface area contributed by atoms with Crippen LogP contribution in [0.25, 0.3) is 0 Å². The number of carbonyl (C=O) groups excluding carboxylic acids is 3. The molecule has 0 amide bonds. The Morgan fingerprint density at radius 2 is 1.40 bits per heavy atom. The van der Waals surface area contributed by atoms with Crippen LogP contribution in [0.15, 0.2) is 67.8 Å². The fourth-order valence-corrected chi connectivity index (χ4v) is 4.37. The summed E-state index contributed by atoms with van der Waals surface area (Å²) < 4.78 is 21.4. The summed E-state index contributed by atoms with van der Waals surface area (Å²) in [5, 5.41) is 9.17. The standard InChI is InChI=1S/C16H17O3P.C9H12O5.Na/c1-11-9-12(2)15(13(3)10-11)16(17)20(18,19)14-7-5-4-6-8-14;1-3-8(11)13-5-7(10)6-14-9(12)4-2;/h4-10H,1-3H3,(H,18,19);3-4,7,10H,1-2,5-6H2;/q;;+1/p-1. The molecule has 0 aliphatic carbocycles. The fraction of sp³-hybridized carbons (Fsp3) is 0.240. The number of hydrogen-bond donors (Lipinski definition) is 1. The molecule has 0 heterocycles. The second kappa shape index (κ2) is 15.6. The van der Waals surface area contributed by atoms with Gasteiger partial charge in [-0.25, -0.2) is 9.59 Å². The zero-order valence-corrected chi connectivity index (χ0v) is 23.2. The van der Waals surface area contributed by atoms with Gasteiger partial charge in [-0.1, -0.05) is 61.2 Å². The van der Waals surface area contributed by atoms with E-state index in [4.69, 9.17) is 5.11 Å². The summed E-state index contributed by atoms with van der Waals surface area (Å²) in [5.74, 6) is -1.28. The minimum absolute atomic E-state index is 0. The van der Waals surface area contributed by atoms with Gasteiger partial charge < -0.3 is 24.0 Å². The Kier molecular flexibility index (Phi) is 14.6. The molecule has 0 bridgehead atoms. The van der Waals surface area contributed by atoms with Crippen LogP contribution in [0, 0.1) is 20.8 Å². The van der Waals surface area contributed by atoms with Crippen LogP contribution >= 0.6 is 7.37 Å². The van der Waals surface area contributed by atoms with Crippen molar-refractivity contribution in [3.8, 4) is 0 Å². The number of hydrogen-bond acceptors (Lipinski definition) is 8. The van der Waals surface area contributed by atoms with Gasteiger partial charge in [0.1, 0.15) is 26.7 Å². The van der Waals surface area contributed by atoms with Crippen molar-refractivity contribution in [2.24, 2.45) is 0 Å². The SMILES string of the molecule is C=CC(=O)OCC(O)COC(=O)C=C.Cc1cc(C)c(C(=O)P(=O)([O-])c2ccccc2)c(C)c1.[Na+]. The monoisotopic (exact) mass is 510 g/mol. The van der Waals surface area contributed by atoms with E-state index in [9.17, 15) is 23.8 Å². The Morgan fingerprint density at radius 3 is 1.80 bits per heavy atom. The fourth-order valence-electron chi connectivity index (χ4n) is 2.93. The smallest absolute Gasteiger partial charge is 0.790 e. The second-order valence-electron chi connectivity index (χ2n) is 7.29. The van der Waals surface area contributed by atoms with Gasteiger partial charge in [-0.3, -0.25) is 4.79 Å². The van der Waals surface area contributed by atoms with E-state index < -0.39 is 30.9 Å². The summed E-state index contributed by atoms with van der Waals surface area (Å²) in [6, 6.07) is 11.5. The number of carbonyl (C=O) groups is 3. The van der Waals surface area contributed by atoms with Crippen LogP contribution in [0.3, 0.4) is 0 Å². The Morgan fingerprint density at radius 1 is 0.971 bits per heavy atom. The maximum absolute atomic E-state index is 12.4. The van der Waals surface area contributed by atoms with Crippen LogP contribution in [0.4, 0.5) is 0 Å². The first-order chi connectivity index (χ1) is 15.9. The van der Waals surface area contributed by atoms with Gasteiger partial charge in [0, 0.05) is 23.0 Å². The minimum atomic E-state index is -4.32. The molecule has 35 heavy (non-hydrogen) atoms. The molecule has 10 heteroatoms. The number of rotatable bonds is 9. The van der Waals surface area contributed by atoms with Crippen molar-refractivity contribution >= 4 is 30.1 Å². The maximum Gasteiger partial charge on any atom is 1.00 e. The van der Waals surface area contributed by atoms with E-state index in [1.165, 1.54) is 12.1 Å². The third kappa shape index (κ3) is 10.4. The van der Waals surface area contributed by atoms with Gasteiger partial charge in [0.25, 0.3) is 0 Å². The van der Waals surface area contributed by atoms with Crippen molar-refractivity contribution in [2.45, 2.75) is 26.9 Å². The van der Waals surface area contributed by atoms with E-state index >= 15 is 0 Å². The molecule has 0 aliphatic rings. The van der Waals surface area contributed by atoms with Crippen molar-refractivity contribution in [3.05, 3.63) is 90.0 Å². The molecule has 1 unspecified atom stereocenters. The third-order valence-corrected chi connectivity index (χ3v) is 6.16. The van der Waals surface area contributed by atoms with Gasteiger partial charge in [0.05, 0.1) is 0 Å². The van der Waals surface area contributed by atoms with E-state index in [0.29, 0.717) is 11.1 Å². The van der Waals surface area contributed by atoms with Crippen molar-refractivity contribution in [2.75, 3.05) is 13.2 Å². The van der Waals surface area contributed by atoms with Crippen LogP contribution in [-0.2, 0) is 23.6 Å². The molecule has 2 aromatic rings. The van der Waals surface area contributed by atoms with E-state index in [0.717, 1.165) is 17.7 Å². The number of aliphatic hydroxyl groups excluding tert-OH is 1. The predicted molar refractivity (Wildman–Crippen MR) is 127 cm³/mol. The molecule has 0 fully saturated rings. The van der Waals surface area contributed by atoms with Gasteiger partial charge in [0.15, 0.2) is 0 Å². The van der Waals surface area contributed by atoms with Crippen molar-refractivity contribution < 1.29 is 68.0 Å². The summed E-state index contributed by atoms with van der Waals surface area (Å²) in [4.78, 5) is 45.9. The summed E-state index contributed by atoms with van der Waals surface area (Å²) in [6.45, 7) is 11.3. The van der Waals surface area contributed by atoms with Crippen LogP contribution < -0.4 is 39.8 Å². The molecule has 0 saturated carbocycles. The Labute approximate surface area is 227 Å². The quantitative estimate of drug-likeness (QED) is 0.207. The zero-order valence-electron chi connectivity index (χ0n) is 20.4. The first kappa shape index (κ1) is 32.7. The molecule has 8 nitrogen and oxygen atoms in total. The largest absolute Gasteiger partial charge is 1.00 e. The van der Waals surface area contributed by atoms with Gasteiger partial charge >= 0.3 is 41.5 Å². The second-order valence-corrected chi connectivity index (χ2v) is 9.31. The van der Waals surface area contributed by atoms with Crippen molar-refractivity contribution in [1.82, 2.24) is 0 Å². The molecular formula is C25H28NaO8P. The van der Waals surface area contributed by atoms with Crippen LogP contribution in [0.1, 0.15) is 27.0 Å². The molecule has 2 aromatic carbocycles. The average Bonchev–Trinajstić information content (AvgIpc) is 2.81. The number of ether oxygens (including phenoxy) is 2. The van der Waals surface area contributed by atoms with Crippen LogP contribution in [0.2, 0.25) is 0 Å². The van der Waals surface area contributed by atoms with Crippen molar-refractivity contribution in [3.63, 3.8) is 0 Å². The molecular weight excluding hydrogens is 482 g/mol. The van der Waals surface area contributed by atoms with Gasteiger partial charge in [-0.2, -0.15) is 0 Å². The topological polar surface area (TPSA) is 130 Å². The molecule has 0 spiro atoms. The molecule has 0 aliphatic heterocycles. The Balaban J connectivity index is 0.000000686. The van der Waals surface area contributed by atoms with E-state index in [1.54, 1.807) is 32.0 Å². The Hall–Kier alpha value is -2.32. The Bertz CT molecular complexity index is 1050. The number of aliphatic hydroxyl groups is 1. The maximum atomic E-state index is 12.4. The van der Waals surface area contributed by atoms with Gasteiger partial charge in [0.2, 0.25) is 5.52 Å². The normalized spacial score (nSPS) is 11.6. The predicted octanol–water partition coefficient (Wildman–Crippen LogP) is -0.474. The summed E-state index contributed by atoms with van der Waals surface area (Å²) in [6.07, 6.45) is 0.910. The molecule has 1 atom stereocenters. The molecule has 0 saturated heterocycles. The first-order valence-corrected chi connectivity index (χ1v) is 11.8. The first-order valence-electron chi connectivity index (χ1n) is 10.2. The zero-order chi connectivity index (χ0) is 25.9. The molecule has 182 valence electrons. The van der Waals surface area contributed by atoms with Gasteiger partial charge in [-0.05, 0) is 31.9 Å². The van der Waals surface area contributed by atoms with E-state index in [2.05, 4.69) is 22.6 Å². The molecule has 0 aromatic heterocycles. The minimum Gasteiger partial charge on any atom is -0.790 e. The van der Waals surface area contributed by atoms with Crippen molar-refractivity contribution in [1.29, 1.82) is 0 Å². The van der Waals surface area contributed by atoms with Gasteiger partial charge in [-0.15, -0.1) is 0 Å². The van der Waals surface area contributed by atoms with E-state index in [-0.39, 0.29) is 53.6 Å². The van der Waals surface area contributed by atoms with Crippen LogP contribution in [0.5, 0.6) is 0 Å². The third-order valence-electron chi connectivity index (χ3n) is 4.42. The number of benzene rings is 2. The molecule has 1 N–H and O–H groups in total. The molecule has 0 radical (unpaired) electrons. The summed E-state index contributed by atoms with van der Waals surface area (Å²) >= 11 is 0. The number of aryl methyl sites for hydroxylation is 3. The van der Waals surface area contributed by atoms with E-state index in [1.807, 2.05) is 19.1 Å². The average molecular weight is 510 g/mol. The summed E-state index contributed by atoms with van der Waals surface area (Å²) in [7, 11) is -4.32. The van der Waals surface area contributed by atoms with Crippen LogP contribution in [-0.4, -0.2) is 41.9 Å². The number of esters is 2. The summed E-state index contributed by atoms with van der Waals surface area (Å²) in [5.41, 5.74) is 1.88.